The van der Waals surface area contributed by atoms with Crippen molar-refractivity contribution in [2.24, 2.45) is 0 Å². The summed E-state index contributed by atoms with van der Waals surface area (Å²) < 4.78 is 0. The Hall–Kier alpha value is -3.54. The van der Waals surface area contributed by atoms with E-state index in [4.69, 9.17) is 10.2 Å². The second-order valence-corrected chi connectivity index (χ2v) is 5.86. The molecule has 130 valence electrons. The molecule has 1 heterocycles. The van der Waals surface area contributed by atoms with E-state index in [0.29, 0.717) is 11.4 Å². The van der Waals surface area contributed by atoms with Gasteiger partial charge in [-0.25, -0.2) is 19.6 Å². The smallest absolute Gasteiger partial charge is 0.335 e. The average Bonchev–Trinajstić information content (AvgIpc) is 2.63. The van der Waals surface area contributed by atoms with Crippen LogP contribution in [0.3, 0.4) is 0 Å². The fourth-order valence-electron chi connectivity index (χ4n) is 2.55. The minimum absolute atomic E-state index is 0.193. The van der Waals surface area contributed by atoms with E-state index >= 15 is 0 Å². The van der Waals surface area contributed by atoms with Crippen LogP contribution in [-0.4, -0.2) is 32.1 Å². The normalized spacial score (nSPS) is 10.5. The van der Waals surface area contributed by atoms with Gasteiger partial charge in [-0.05, 0) is 38.1 Å². The Balaban J connectivity index is 2.14. The number of benzene rings is 2. The lowest BCUT2D eigenvalue weighted by Crippen LogP contribution is -2.01. The molecule has 0 aliphatic carbocycles. The predicted octanol–water partition coefficient (Wildman–Crippen LogP) is 3.82. The quantitative estimate of drug-likeness (QED) is 0.743. The van der Waals surface area contributed by atoms with Gasteiger partial charge in [0.25, 0.3) is 0 Å². The van der Waals surface area contributed by atoms with Crippen molar-refractivity contribution >= 4 is 11.9 Å². The molecule has 1 aromatic heterocycles. The number of aryl methyl sites for hydroxylation is 2. The highest BCUT2D eigenvalue weighted by Gasteiger charge is 2.15. The van der Waals surface area contributed by atoms with Crippen LogP contribution in [-0.2, 0) is 0 Å². The van der Waals surface area contributed by atoms with Crippen LogP contribution in [0.5, 0.6) is 0 Å². The van der Waals surface area contributed by atoms with Crippen LogP contribution in [0.2, 0.25) is 0 Å². The van der Waals surface area contributed by atoms with Gasteiger partial charge in [-0.15, -0.1) is 0 Å². The topological polar surface area (TPSA) is 100 Å². The van der Waals surface area contributed by atoms with E-state index in [1.165, 1.54) is 24.3 Å². The number of carboxylic acids is 2. The molecule has 26 heavy (non-hydrogen) atoms. The first kappa shape index (κ1) is 17.3. The maximum Gasteiger partial charge on any atom is 0.335 e. The maximum absolute atomic E-state index is 11.0. The first-order valence-electron chi connectivity index (χ1n) is 7.89. The summed E-state index contributed by atoms with van der Waals surface area (Å²) in [5.41, 5.74) is 4.64. The monoisotopic (exact) mass is 348 g/mol. The second kappa shape index (κ2) is 6.76. The van der Waals surface area contributed by atoms with Crippen molar-refractivity contribution in [3.8, 4) is 22.5 Å². The number of nitrogens with zero attached hydrogens (tertiary/aromatic N) is 2. The fourth-order valence-corrected chi connectivity index (χ4v) is 2.55. The molecule has 0 unspecified atom stereocenters. The second-order valence-electron chi connectivity index (χ2n) is 5.86. The lowest BCUT2D eigenvalue weighted by molar-refractivity contribution is 0.0686. The summed E-state index contributed by atoms with van der Waals surface area (Å²) in [5, 5.41) is 18.1. The highest BCUT2D eigenvalue weighted by Crippen LogP contribution is 2.30. The Morgan fingerprint density at radius 3 is 1.23 bits per heavy atom. The maximum atomic E-state index is 11.0. The molecule has 3 rings (SSSR count). The number of aromatic nitrogens is 2. The van der Waals surface area contributed by atoms with Crippen LogP contribution in [0.25, 0.3) is 22.5 Å². The fraction of sp³-hybridized carbons (Fsp3) is 0.100. The number of carbonyl (C=O) groups is 2. The van der Waals surface area contributed by atoms with Gasteiger partial charge in [0.15, 0.2) is 0 Å². The Morgan fingerprint density at radius 1 is 0.654 bits per heavy atom. The third-order valence-corrected chi connectivity index (χ3v) is 4.12. The van der Waals surface area contributed by atoms with E-state index in [0.717, 1.165) is 22.5 Å². The summed E-state index contributed by atoms with van der Waals surface area (Å²) in [6, 6.07) is 12.8. The molecular formula is C20H16N2O4. The summed E-state index contributed by atoms with van der Waals surface area (Å²) in [4.78, 5) is 31.3. The van der Waals surface area contributed by atoms with Gasteiger partial charge in [-0.1, -0.05) is 24.3 Å². The summed E-state index contributed by atoms with van der Waals surface area (Å²) in [5.74, 6) is -1.99. The number of hydrogen-bond donors (Lipinski definition) is 2. The number of aromatic carboxylic acids is 2. The Kier molecular flexibility index (Phi) is 4.49. The van der Waals surface area contributed by atoms with Gasteiger partial charge in [0, 0.05) is 11.1 Å². The van der Waals surface area contributed by atoms with E-state index < -0.39 is 11.9 Å². The molecule has 3 aromatic rings. The molecule has 0 fully saturated rings. The van der Waals surface area contributed by atoms with E-state index in [1.807, 2.05) is 13.8 Å². The first-order valence-corrected chi connectivity index (χ1v) is 7.89. The van der Waals surface area contributed by atoms with Crippen LogP contribution < -0.4 is 0 Å². The lowest BCUT2D eigenvalue weighted by atomic mass is 10.0. The summed E-state index contributed by atoms with van der Waals surface area (Å²) >= 11 is 0. The van der Waals surface area contributed by atoms with Crippen LogP contribution in [0, 0.1) is 13.8 Å². The van der Waals surface area contributed by atoms with E-state index in [-0.39, 0.29) is 11.1 Å². The van der Waals surface area contributed by atoms with Crippen LogP contribution in [0.1, 0.15) is 32.1 Å². The van der Waals surface area contributed by atoms with Crippen molar-refractivity contribution in [2.75, 3.05) is 0 Å². The molecule has 6 heteroatoms. The molecule has 0 bridgehead atoms. The summed E-state index contributed by atoms with van der Waals surface area (Å²) in [6.45, 7) is 3.71. The van der Waals surface area contributed by atoms with Gasteiger partial charge < -0.3 is 10.2 Å². The Bertz CT molecular complexity index is 911. The zero-order valence-electron chi connectivity index (χ0n) is 14.2. The van der Waals surface area contributed by atoms with Crippen molar-refractivity contribution in [3.63, 3.8) is 0 Å². The minimum atomic E-state index is -0.993. The van der Waals surface area contributed by atoms with E-state index in [1.54, 1.807) is 24.3 Å². The standard InChI is InChI=1S/C20H16N2O4/c1-11-12(2)22-18(14-5-9-16(10-6-14)20(25)26)17(21-11)13-3-7-15(8-4-13)19(23)24/h3-10H,1-2H3,(H,23,24)(H,25,26). The van der Waals surface area contributed by atoms with Crippen LogP contribution in [0.4, 0.5) is 0 Å². The molecule has 0 atom stereocenters. The van der Waals surface area contributed by atoms with E-state index in [9.17, 15) is 9.59 Å². The molecule has 0 saturated carbocycles. The van der Waals surface area contributed by atoms with Gasteiger partial charge in [0.1, 0.15) is 0 Å². The molecule has 0 spiro atoms. The van der Waals surface area contributed by atoms with Gasteiger partial charge in [-0.3, -0.25) is 0 Å². The molecule has 2 aromatic carbocycles. The lowest BCUT2D eigenvalue weighted by Gasteiger charge is -2.12. The number of hydrogen-bond acceptors (Lipinski definition) is 4. The number of carboxylic acid groups (broad SMARTS) is 2. The summed E-state index contributed by atoms with van der Waals surface area (Å²) in [6.07, 6.45) is 0. The Morgan fingerprint density at radius 2 is 0.962 bits per heavy atom. The van der Waals surface area contributed by atoms with E-state index in [2.05, 4.69) is 9.97 Å². The first-order chi connectivity index (χ1) is 12.4. The van der Waals surface area contributed by atoms with Crippen molar-refractivity contribution in [1.29, 1.82) is 0 Å². The largest absolute Gasteiger partial charge is 0.478 e. The van der Waals surface area contributed by atoms with Crippen molar-refractivity contribution in [3.05, 3.63) is 71.0 Å². The third kappa shape index (κ3) is 3.30. The molecule has 2 N–H and O–H groups in total. The van der Waals surface area contributed by atoms with Gasteiger partial charge in [-0.2, -0.15) is 0 Å². The zero-order valence-corrected chi connectivity index (χ0v) is 14.2. The molecule has 0 aliphatic rings. The molecule has 6 nitrogen and oxygen atoms in total. The minimum Gasteiger partial charge on any atom is -0.478 e. The molecule has 0 saturated heterocycles. The molecule has 0 aliphatic heterocycles. The van der Waals surface area contributed by atoms with Crippen molar-refractivity contribution in [2.45, 2.75) is 13.8 Å². The van der Waals surface area contributed by atoms with Crippen molar-refractivity contribution in [1.82, 2.24) is 9.97 Å². The predicted molar refractivity (Wildman–Crippen MR) is 96.3 cm³/mol. The summed E-state index contributed by atoms with van der Waals surface area (Å²) in [7, 11) is 0. The molecule has 0 radical (unpaired) electrons. The highest BCUT2D eigenvalue weighted by molar-refractivity contribution is 5.90. The Labute approximate surface area is 149 Å². The van der Waals surface area contributed by atoms with Gasteiger partial charge in [0.05, 0.1) is 33.9 Å². The average molecular weight is 348 g/mol. The number of rotatable bonds is 4. The molecule has 0 amide bonds. The van der Waals surface area contributed by atoms with Gasteiger partial charge in [0.2, 0.25) is 0 Å². The highest BCUT2D eigenvalue weighted by atomic mass is 16.4. The van der Waals surface area contributed by atoms with Crippen LogP contribution >= 0.6 is 0 Å². The van der Waals surface area contributed by atoms with Crippen molar-refractivity contribution < 1.29 is 19.8 Å². The van der Waals surface area contributed by atoms with Gasteiger partial charge >= 0.3 is 11.9 Å². The zero-order chi connectivity index (χ0) is 18.8. The SMILES string of the molecule is Cc1nc(-c2ccc(C(=O)O)cc2)c(-c2ccc(C(=O)O)cc2)nc1C. The third-order valence-electron chi connectivity index (χ3n) is 4.12. The van der Waals surface area contributed by atoms with Crippen LogP contribution in [0.15, 0.2) is 48.5 Å². The molecular weight excluding hydrogens is 332 g/mol.